The van der Waals surface area contributed by atoms with Crippen LogP contribution in [0.15, 0.2) is 0 Å². The highest BCUT2D eigenvalue weighted by atomic mass is 32.2. The molecule has 0 spiro atoms. The lowest BCUT2D eigenvalue weighted by atomic mass is 9.76. The van der Waals surface area contributed by atoms with Gasteiger partial charge < -0.3 is 5.73 Å². The molecule has 4 heteroatoms. The molecule has 0 aromatic carbocycles. The Bertz CT molecular complexity index is 272. The van der Waals surface area contributed by atoms with Crippen LogP contribution in [0.5, 0.6) is 0 Å². The normalized spacial score (nSPS) is 16.7. The number of nitrogens with two attached hydrogens (primary N) is 1. The monoisotopic (exact) mass is 235 g/mol. The van der Waals surface area contributed by atoms with Gasteiger partial charge >= 0.3 is 0 Å². The van der Waals surface area contributed by atoms with Crippen LogP contribution in [0.2, 0.25) is 0 Å². The number of hydrogen-bond acceptors (Lipinski definition) is 3. The SMILES string of the molecule is CCS(=O)(=O)CCCC(C)(CN)C(C)C. The summed E-state index contributed by atoms with van der Waals surface area (Å²) in [5, 5.41) is 0. The first-order valence-corrected chi connectivity index (χ1v) is 7.50. The first kappa shape index (κ1) is 14.9. The Hall–Kier alpha value is -0.0900. The molecule has 0 aliphatic rings. The van der Waals surface area contributed by atoms with E-state index in [0.29, 0.717) is 18.2 Å². The van der Waals surface area contributed by atoms with Crippen molar-refractivity contribution in [2.75, 3.05) is 18.1 Å². The molecule has 0 rings (SSSR count). The summed E-state index contributed by atoms with van der Waals surface area (Å²) >= 11 is 0. The quantitative estimate of drug-likeness (QED) is 0.732. The van der Waals surface area contributed by atoms with Crippen LogP contribution in [0.1, 0.15) is 40.5 Å². The Morgan fingerprint density at radius 2 is 1.87 bits per heavy atom. The van der Waals surface area contributed by atoms with E-state index in [9.17, 15) is 8.42 Å². The van der Waals surface area contributed by atoms with Crippen LogP contribution in [0, 0.1) is 11.3 Å². The summed E-state index contributed by atoms with van der Waals surface area (Å²) in [6, 6.07) is 0. The standard InChI is InChI=1S/C11H25NO2S/c1-5-15(13,14)8-6-7-11(4,9-12)10(2)3/h10H,5-9,12H2,1-4H3. The predicted molar refractivity (Wildman–Crippen MR) is 65.6 cm³/mol. The highest BCUT2D eigenvalue weighted by molar-refractivity contribution is 7.91. The van der Waals surface area contributed by atoms with E-state index in [1.54, 1.807) is 6.92 Å². The van der Waals surface area contributed by atoms with Gasteiger partial charge in [-0.25, -0.2) is 8.42 Å². The van der Waals surface area contributed by atoms with E-state index in [2.05, 4.69) is 20.8 Å². The second kappa shape index (κ2) is 5.85. The highest BCUT2D eigenvalue weighted by Gasteiger charge is 2.26. The lowest BCUT2D eigenvalue weighted by Gasteiger charge is -2.32. The topological polar surface area (TPSA) is 60.2 Å². The van der Waals surface area contributed by atoms with Crippen molar-refractivity contribution in [3.8, 4) is 0 Å². The first-order chi connectivity index (χ1) is 6.77. The Morgan fingerprint density at radius 1 is 1.33 bits per heavy atom. The molecule has 0 fully saturated rings. The number of hydrogen-bond donors (Lipinski definition) is 1. The maximum Gasteiger partial charge on any atom is 0.150 e. The number of rotatable bonds is 7. The van der Waals surface area contributed by atoms with Crippen molar-refractivity contribution >= 4 is 9.84 Å². The second-order valence-electron chi connectivity index (χ2n) is 4.85. The minimum absolute atomic E-state index is 0.0727. The van der Waals surface area contributed by atoms with Gasteiger partial charge in [0.05, 0.1) is 5.75 Å². The second-order valence-corrected chi connectivity index (χ2v) is 7.33. The van der Waals surface area contributed by atoms with Crippen LogP contribution in [-0.2, 0) is 9.84 Å². The lowest BCUT2D eigenvalue weighted by molar-refractivity contribution is 0.208. The molecule has 15 heavy (non-hydrogen) atoms. The van der Waals surface area contributed by atoms with Gasteiger partial charge in [-0.3, -0.25) is 0 Å². The summed E-state index contributed by atoms with van der Waals surface area (Å²) in [6.07, 6.45) is 1.61. The van der Waals surface area contributed by atoms with Crippen molar-refractivity contribution < 1.29 is 8.42 Å². The minimum atomic E-state index is -2.82. The van der Waals surface area contributed by atoms with Gasteiger partial charge in [0.2, 0.25) is 0 Å². The highest BCUT2D eigenvalue weighted by Crippen LogP contribution is 2.31. The van der Waals surface area contributed by atoms with Gasteiger partial charge in [-0.15, -0.1) is 0 Å². The Morgan fingerprint density at radius 3 is 2.20 bits per heavy atom. The fourth-order valence-corrected chi connectivity index (χ4v) is 2.34. The van der Waals surface area contributed by atoms with E-state index in [4.69, 9.17) is 5.73 Å². The van der Waals surface area contributed by atoms with Crippen molar-refractivity contribution in [3.63, 3.8) is 0 Å². The summed E-state index contributed by atoms with van der Waals surface area (Å²) in [6.45, 7) is 8.73. The first-order valence-electron chi connectivity index (χ1n) is 5.68. The fourth-order valence-electron chi connectivity index (χ4n) is 1.47. The zero-order chi connectivity index (χ0) is 12.1. The van der Waals surface area contributed by atoms with Crippen LogP contribution in [0.3, 0.4) is 0 Å². The van der Waals surface area contributed by atoms with E-state index >= 15 is 0 Å². The number of sulfone groups is 1. The lowest BCUT2D eigenvalue weighted by Crippen LogP contribution is -2.33. The molecule has 0 bridgehead atoms. The summed E-state index contributed by atoms with van der Waals surface area (Å²) in [7, 11) is -2.82. The molecule has 2 N–H and O–H groups in total. The average Bonchev–Trinajstić information content (AvgIpc) is 2.17. The third-order valence-electron chi connectivity index (χ3n) is 3.50. The van der Waals surface area contributed by atoms with E-state index in [0.717, 1.165) is 12.8 Å². The van der Waals surface area contributed by atoms with Crippen molar-refractivity contribution in [3.05, 3.63) is 0 Å². The smallest absolute Gasteiger partial charge is 0.150 e. The molecule has 0 saturated heterocycles. The van der Waals surface area contributed by atoms with Gasteiger partial charge in [0.15, 0.2) is 0 Å². The molecule has 1 atom stereocenters. The molecule has 0 saturated carbocycles. The molecule has 0 heterocycles. The fraction of sp³-hybridized carbons (Fsp3) is 1.00. The summed E-state index contributed by atoms with van der Waals surface area (Å²) < 4.78 is 22.6. The van der Waals surface area contributed by atoms with Crippen molar-refractivity contribution in [2.45, 2.75) is 40.5 Å². The van der Waals surface area contributed by atoms with Gasteiger partial charge in [-0.1, -0.05) is 27.7 Å². The molecule has 1 unspecified atom stereocenters. The Balaban J connectivity index is 4.15. The van der Waals surface area contributed by atoms with E-state index in [1.165, 1.54) is 0 Å². The maximum absolute atomic E-state index is 11.3. The largest absolute Gasteiger partial charge is 0.330 e. The van der Waals surface area contributed by atoms with Crippen molar-refractivity contribution in [1.29, 1.82) is 0 Å². The van der Waals surface area contributed by atoms with E-state index in [-0.39, 0.29) is 11.2 Å². The van der Waals surface area contributed by atoms with Crippen LogP contribution in [0.25, 0.3) is 0 Å². The van der Waals surface area contributed by atoms with Gasteiger partial charge in [0.25, 0.3) is 0 Å². The van der Waals surface area contributed by atoms with Gasteiger partial charge in [-0.05, 0) is 30.7 Å². The molecule has 0 amide bonds. The molecule has 0 radical (unpaired) electrons. The van der Waals surface area contributed by atoms with Crippen LogP contribution in [0.4, 0.5) is 0 Å². The summed E-state index contributed by atoms with van der Waals surface area (Å²) in [5.74, 6) is 1.03. The van der Waals surface area contributed by atoms with Crippen LogP contribution >= 0.6 is 0 Å². The molecule has 0 aliphatic carbocycles. The van der Waals surface area contributed by atoms with Gasteiger partial charge in [0, 0.05) is 5.75 Å². The maximum atomic E-state index is 11.3. The predicted octanol–water partition coefficient (Wildman–Crippen LogP) is 1.82. The Kier molecular flexibility index (Phi) is 5.81. The third-order valence-corrected chi connectivity index (χ3v) is 5.29. The van der Waals surface area contributed by atoms with Gasteiger partial charge in [-0.2, -0.15) is 0 Å². The van der Waals surface area contributed by atoms with Crippen molar-refractivity contribution in [2.24, 2.45) is 17.1 Å². The molecule has 0 aliphatic heterocycles. The summed E-state index contributed by atoms with van der Waals surface area (Å²) in [4.78, 5) is 0. The Labute approximate surface area is 94.4 Å². The van der Waals surface area contributed by atoms with Crippen LogP contribution in [-0.4, -0.2) is 26.5 Å². The zero-order valence-electron chi connectivity index (χ0n) is 10.4. The van der Waals surface area contributed by atoms with Gasteiger partial charge in [0.1, 0.15) is 9.84 Å². The van der Waals surface area contributed by atoms with E-state index < -0.39 is 9.84 Å². The van der Waals surface area contributed by atoms with Crippen molar-refractivity contribution in [1.82, 2.24) is 0 Å². The molecular weight excluding hydrogens is 210 g/mol. The van der Waals surface area contributed by atoms with Crippen LogP contribution < -0.4 is 5.73 Å². The molecule has 0 aromatic heterocycles. The molecular formula is C11H25NO2S. The third kappa shape index (κ3) is 4.98. The van der Waals surface area contributed by atoms with E-state index in [1.807, 2.05) is 0 Å². The molecule has 0 aromatic rings. The minimum Gasteiger partial charge on any atom is -0.330 e. The molecule has 3 nitrogen and oxygen atoms in total. The average molecular weight is 235 g/mol. The summed E-state index contributed by atoms with van der Waals surface area (Å²) in [5.41, 5.74) is 5.81. The molecule has 92 valence electrons. The zero-order valence-corrected chi connectivity index (χ0v) is 11.2.